The maximum atomic E-state index is 12.9. The summed E-state index contributed by atoms with van der Waals surface area (Å²) in [4.78, 5) is 17.0. The van der Waals surface area contributed by atoms with Gasteiger partial charge in [-0.3, -0.25) is 15.1 Å². The van der Waals surface area contributed by atoms with Gasteiger partial charge in [-0.15, -0.1) is 5.10 Å². The first-order valence-corrected chi connectivity index (χ1v) is 10.1. The van der Waals surface area contributed by atoms with Crippen LogP contribution in [0.1, 0.15) is 15.9 Å². The molecule has 2 heterocycles. The number of anilines is 1. The average Bonchev–Trinajstić information content (AvgIpc) is 3.26. The Labute approximate surface area is 184 Å². The standard InChI is InChI=1S/C22H17BN4O3S/c1-29-19-5-3-2-4-17(19)16-10-11-24-12-18(16)20(28)25-21-26-27-22(31-21)30-13-14-6-8-15(23)9-7-14/h2-12H,13H2,1H3,(H,25,26,28). The average molecular weight is 428 g/mol. The van der Waals surface area contributed by atoms with Crippen molar-refractivity contribution in [1.82, 2.24) is 15.2 Å². The summed E-state index contributed by atoms with van der Waals surface area (Å²) in [6, 6.07) is 16.6. The molecular formula is C22H17BN4O3S. The second kappa shape index (κ2) is 9.40. The summed E-state index contributed by atoms with van der Waals surface area (Å²) in [6.07, 6.45) is 3.14. The molecule has 1 amide bonds. The van der Waals surface area contributed by atoms with E-state index < -0.39 is 0 Å². The molecule has 0 atom stereocenters. The summed E-state index contributed by atoms with van der Waals surface area (Å²) in [5.41, 5.74) is 3.53. The van der Waals surface area contributed by atoms with Gasteiger partial charge >= 0.3 is 0 Å². The van der Waals surface area contributed by atoms with Crippen LogP contribution in [0.15, 0.2) is 67.0 Å². The Hall–Kier alpha value is -3.72. The number of amides is 1. The smallest absolute Gasteiger partial charge is 0.296 e. The van der Waals surface area contributed by atoms with E-state index in [-0.39, 0.29) is 5.91 Å². The zero-order chi connectivity index (χ0) is 21.6. The van der Waals surface area contributed by atoms with Crippen molar-refractivity contribution >= 4 is 35.7 Å². The minimum atomic E-state index is -0.352. The Bertz CT molecular complexity index is 1200. The van der Waals surface area contributed by atoms with Crippen molar-refractivity contribution in [3.63, 3.8) is 0 Å². The molecule has 0 saturated carbocycles. The summed E-state index contributed by atoms with van der Waals surface area (Å²) in [7, 11) is 7.27. The highest BCUT2D eigenvalue weighted by Crippen LogP contribution is 2.32. The summed E-state index contributed by atoms with van der Waals surface area (Å²) < 4.78 is 11.1. The van der Waals surface area contributed by atoms with Gasteiger partial charge in [-0.25, -0.2) is 0 Å². The Morgan fingerprint density at radius 3 is 2.68 bits per heavy atom. The number of hydrogen-bond acceptors (Lipinski definition) is 7. The molecule has 31 heavy (non-hydrogen) atoms. The number of carbonyl (C=O) groups is 1. The van der Waals surface area contributed by atoms with Crippen LogP contribution in [0.3, 0.4) is 0 Å². The van der Waals surface area contributed by atoms with E-state index in [1.807, 2.05) is 36.4 Å². The SMILES string of the molecule is [B]c1ccc(COc2nnc(NC(=O)c3cnccc3-c3ccccc3OC)s2)cc1. The lowest BCUT2D eigenvalue weighted by atomic mass is 9.95. The molecule has 2 aromatic heterocycles. The van der Waals surface area contributed by atoms with Gasteiger partial charge in [0.2, 0.25) is 5.13 Å². The number of ether oxygens (including phenoxy) is 2. The lowest BCUT2D eigenvalue weighted by Gasteiger charge is -2.11. The van der Waals surface area contributed by atoms with Gasteiger partial charge in [-0.1, -0.05) is 53.0 Å². The first-order chi connectivity index (χ1) is 15.1. The number of para-hydroxylation sites is 1. The Morgan fingerprint density at radius 2 is 1.87 bits per heavy atom. The quantitative estimate of drug-likeness (QED) is 0.455. The number of rotatable bonds is 7. The van der Waals surface area contributed by atoms with Crippen molar-refractivity contribution in [3.8, 4) is 22.1 Å². The van der Waals surface area contributed by atoms with Crippen LogP contribution in [0.25, 0.3) is 11.1 Å². The van der Waals surface area contributed by atoms with E-state index in [2.05, 4.69) is 20.5 Å². The number of aromatic nitrogens is 3. The van der Waals surface area contributed by atoms with Crippen LogP contribution >= 0.6 is 11.3 Å². The maximum Gasteiger partial charge on any atom is 0.296 e. The van der Waals surface area contributed by atoms with Gasteiger partial charge in [-0.2, -0.15) is 0 Å². The highest BCUT2D eigenvalue weighted by Gasteiger charge is 2.17. The van der Waals surface area contributed by atoms with Crippen molar-refractivity contribution in [2.75, 3.05) is 12.4 Å². The van der Waals surface area contributed by atoms with Crippen LogP contribution in [0.5, 0.6) is 10.9 Å². The number of pyridine rings is 1. The molecule has 4 aromatic rings. The van der Waals surface area contributed by atoms with Crippen LogP contribution in [0, 0.1) is 0 Å². The monoisotopic (exact) mass is 428 g/mol. The molecule has 2 radical (unpaired) electrons. The Morgan fingerprint density at radius 1 is 1.06 bits per heavy atom. The predicted octanol–water partition coefficient (Wildman–Crippen LogP) is 3.23. The predicted molar refractivity (Wildman–Crippen MR) is 120 cm³/mol. The van der Waals surface area contributed by atoms with Crippen LogP contribution in [-0.2, 0) is 6.61 Å². The van der Waals surface area contributed by atoms with Crippen LogP contribution in [-0.4, -0.2) is 36.0 Å². The second-order valence-corrected chi connectivity index (χ2v) is 7.42. The molecule has 4 rings (SSSR count). The van der Waals surface area contributed by atoms with E-state index >= 15 is 0 Å². The number of methoxy groups -OCH3 is 1. The number of nitrogens with one attached hydrogen (secondary N) is 1. The summed E-state index contributed by atoms with van der Waals surface area (Å²) >= 11 is 1.14. The van der Waals surface area contributed by atoms with Gasteiger partial charge in [0.05, 0.1) is 12.7 Å². The number of hydrogen-bond donors (Lipinski definition) is 1. The Kier molecular flexibility index (Phi) is 6.23. The van der Waals surface area contributed by atoms with E-state index in [1.165, 1.54) is 6.20 Å². The molecule has 152 valence electrons. The molecule has 2 aromatic carbocycles. The fourth-order valence-corrected chi connectivity index (χ4v) is 3.51. The third-order valence-electron chi connectivity index (χ3n) is 4.43. The van der Waals surface area contributed by atoms with E-state index in [0.29, 0.717) is 39.3 Å². The zero-order valence-electron chi connectivity index (χ0n) is 16.6. The van der Waals surface area contributed by atoms with Gasteiger partial charge in [0.1, 0.15) is 20.2 Å². The normalized spacial score (nSPS) is 10.5. The maximum absolute atomic E-state index is 12.9. The number of carbonyl (C=O) groups excluding carboxylic acids is 1. The lowest BCUT2D eigenvalue weighted by molar-refractivity contribution is 0.102. The minimum Gasteiger partial charge on any atom is -0.496 e. The minimum absolute atomic E-state index is 0.323. The molecule has 0 aliphatic heterocycles. The summed E-state index contributed by atoms with van der Waals surface area (Å²) in [5, 5.41) is 11.4. The van der Waals surface area contributed by atoms with Crippen molar-refractivity contribution in [3.05, 3.63) is 78.1 Å². The van der Waals surface area contributed by atoms with Crippen LogP contribution in [0.2, 0.25) is 0 Å². The van der Waals surface area contributed by atoms with Gasteiger partial charge in [0, 0.05) is 23.5 Å². The topological polar surface area (TPSA) is 86.2 Å². The molecule has 0 aliphatic rings. The number of nitrogens with zero attached hydrogens (tertiary/aromatic N) is 3. The molecule has 1 N–H and O–H groups in total. The molecular weight excluding hydrogens is 411 g/mol. The Balaban J connectivity index is 1.48. The molecule has 9 heteroatoms. The fraction of sp³-hybridized carbons (Fsp3) is 0.0909. The van der Waals surface area contributed by atoms with E-state index in [4.69, 9.17) is 17.3 Å². The molecule has 0 bridgehead atoms. The molecule has 7 nitrogen and oxygen atoms in total. The van der Waals surface area contributed by atoms with Crippen molar-refractivity contribution in [2.45, 2.75) is 6.61 Å². The first-order valence-electron chi connectivity index (χ1n) is 9.33. The first kappa shape index (κ1) is 20.6. The zero-order valence-corrected chi connectivity index (χ0v) is 17.4. The molecule has 0 fully saturated rings. The second-order valence-electron chi connectivity index (χ2n) is 6.48. The highest BCUT2D eigenvalue weighted by molar-refractivity contribution is 7.17. The fourth-order valence-electron chi connectivity index (χ4n) is 2.92. The van der Waals surface area contributed by atoms with Crippen LogP contribution in [0.4, 0.5) is 5.13 Å². The van der Waals surface area contributed by atoms with Gasteiger partial charge in [0.15, 0.2) is 0 Å². The van der Waals surface area contributed by atoms with Crippen molar-refractivity contribution in [2.24, 2.45) is 0 Å². The molecule has 0 spiro atoms. The number of benzene rings is 2. The van der Waals surface area contributed by atoms with Crippen molar-refractivity contribution < 1.29 is 14.3 Å². The lowest BCUT2D eigenvalue weighted by Crippen LogP contribution is -2.13. The van der Waals surface area contributed by atoms with Crippen molar-refractivity contribution in [1.29, 1.82) is 0 Å². The largest absolute Gasteiger partial charge is 0.496 e. The summed E-state index contributed by atoms with van der Waals surface area (Å²) in [6.45, 7) is 0.323. The third-order valence-corrected chi connectivity index (χ3v) is 5.18. The van der Waals surface area contributed by atoms with E-state index in [0.717, 1.165) is 22.5 Å². The third kappa shape index (κ3) is 4.89. The van der Waals surface area contributed by atoms with Gasteiger partial charge < -0.3 is 9.47 Å². The highest BCUT2D eigenvalue weighted by atomic mass is 32.1. The van der Waals surface area contributed by atoms with E-state index in [9.17, 15) is 4.79 Å². The molecule has 0 saturated heterocycles. The summed E-state index contributed by atoms with van der Waals surface area (Å²) in [5.74, 6) is 0.312. The van der Waals surface area contributed by atoms with E-state index in [1.54, 1.807) is 31.5 Å². The van der Waals surface area contributed by atoms with Gasteiger partial charge in [0.25, 0.3) is 11.1 Å². The molecule has 0 unspecified atom stereocenters. The molecule has 0 aliphatic carbocycles. The van der Waals surface area contributed by atoms with Gasteiger partial charge in [-0.05, 0) is 29.0 Å². The van der Waals surface area contributed by atoms with Crippen LogP contribution < -0.4 is 20.3 Å².